The fraction of sp³-hybridized carbons (Fsp3) is 0.188. The highest BCUT2D eigenvalue weighted by atomic mass is 79.9. The lowest BCUT2D eigenvalue weighted by Gasteiger charge is -2.29. The molecule has 0 aliphatic carbocycles. The van der Waals surface area contributed by atoms with Gasteiger partial charge < -0.3 is 11.1 Å². The number of benzene rings is 2. The molecule has 0 aliphatic heterocycles. The SMILES string of the molecule is CC(Cc1ccccc1F)(Nc1cccc(Br)c1)C(N)=O. The van der Waals surface area contributed by atoms with Crippen LogP contribution >= 0.6 is 15.9 Å². The van der Waals surface area contributed by atoms with Crippen molar-refractivity contribution in [1.82, 2.24) is 0 Å². The first-order valence-corrected chi connectivity index (χ1v) is 7.27. The number of rotatable bonds is 5. The summed E-state index contributed by atoms with van der Waals surface area (Å²) in [4.78, 5) is 11.9. The topological polar surface area (TPSA) is 55.1 Å². The van der Waals surface area contributed by atoms with Crippen molar-refractivity contribution >= 4 is 27.5 Å². The number of anilines is 1. The molecule has 5 heteroatoms. The smallest absolute Gasteiger partial charge is 0.243 e. The molecule has 0 spiro atoms. The fourth-order valence-electron chi connectivity index (χ4n) is 2.10. The van der Waals surface area contributed by atoms with E-state index in [4.69, 9.17) is 5.73 Å². The summed E-state index contributed by atoms with van der Waals surface area (Å²) in [6, 6.07) is 13.8. The zero-order valence-electron chi connectivity index (χ0n) is 11.6. The number of nitrogens with two attached hydrogens (primary N) is 1. The minimum absolute atomic E-state index is 0.168. The van der Waals surface area contributed by atoms with Crippen molar-refractivity contribution in [2.24, 2.45) is 5.73 Å². The van der Waals surface area contributed by atoms with Crippen LogP contribution in [0.5, 0.6) is 0 Å². The normalized spacial score (nSPS) is 13.5. The lowest BCUT2D eigenvalue weighted by Crippen LogP contribution is -2.49. The van der Waals surface area contributed by atoms with Gasteiger partial charge in [-0.1, -0.05) is 40.2 Å². The van der Waals surface area contributed by atoms with Crippen molar-refractivity contribution in [3.63, 3.8) is 0 Å². The summed E-state index contributed by atoms with van der Waals surface area (Å²) in [5.74, 6) is -0.883. The Morgan fingerprint density at radius 3 is 2.62 bits per heavy atom. The van der Waals surface area contributed by atoms with Crippen LogP contribution in [-0.2, 0) is 11.2 Å². The molecule has 0 aliphatic rings. The molecule has 3 N–H and O–H groups in total. The second kappa shape index (κ2) is 6.26. The van der Waals surface area contributed by atoms with Crippen LogP contribution in [0.1, 0.15) is 12.5 Å². The van der Waals surface area contributed by atoms with Gasteiger partial charge in [-0.15, -0.1) is 0 Å². The van der Waals surface area contributed by atoms with E-state index in [1.54, 1.807) is 25.1 Å². The highest BCUT2D eigenvalue weighted by molar-refractivity contribution is 9.10. The predicted molar refractivity (Wildman–Crippen MR) is 85.5 cm³/mol. The molecule has 1 atom stereocenters. The third-order valence-corrected chi connectivity index (χ3v) is 3.78. The Bertz CT molecular complexity index is 662. The number of hydrogen-bond donors (Lipinski definition) is 2. The molecule has 0 saturated heterocycles. The van der Waals surface area contributed by atoms with Gasteiger partial charge in [0.15, 0.2) is 0 Å². The summed E-state index contributed by atoms with van der Waals surface area (Å²) < 4.78 is 14.7. The average Bonchev–Trinajstić information content (AvgIpc) is 2.41. The summed E-state index contributed by atoms with van der Waals surface area (Å²) >= 11 is 3.37. The Kier molecular flexibility index (Phi) is 4.63. The Morgan fingerprint density at radius 2 is 2.00 bits per heavy atom. The zero-order valence-corrected chi connectivity index (χ0v) is 13.2. The molecule has 1 amide bonds. The summed E-state index contributed by atoms with van der Waals surface area (Å²) in [5, 5.41) is 3.10. The highest BCUT2D eigenvalue weighted by Crippen LogP contribution is 2.23. The van der Waals surface area contributed by atoms with Crippen LogP contribution in [0.3, 0.4) is 0 Å². The summed E-state index contributed by atoms with van der Waals surface area (Å²) in [6.07, 6.45) is 0.168. The van der Waals surface area contributed by atoms with Gasteiger partial charge in [-0.25, -0.2) is 4.39 Å². The number of hydrogen-bond acceptors (Lipinski definition) is 2. The van der Waals surface area contributed by atoms with E-state index in [2.05, 4.69) is 21.2 Å². The molecule has 21 heavy (non-hydrogen) atoms. The molecule has 2 aromatic carbocycles. The van der Waals surface area contributed by atoms with Crippen molar-refractivity contribution in [3.8, 4) is 0 Å². The first kappa shape index (κ1) is 15.5. The van der Waals surface area contributed by atoms with Crippen molar-refractivity contribution in [2.45, 2.75) is 18.9 Å². The standard InChI is InChI=1S/C16H16BrFN2O/c1-16(15(19)21,10-11-5-2-3-8-14(11)18)20-13-7-4-6-12(17)9-13/h2-9,20H,10H2,1H3,(H2,19,21). The lowest BCUT2D eigenvalue weighted by atomic mass is 9.91. The van der Waals surface area contributed by atoms with E-state index in [1.807, 2.05) is 24.3 Å². The Labute approximate surface area is 131 Å². The van der Waals surface area contributed by atoms with Crippen molar-refractivity contribution in [3.05, 3.63) is 64.4 Å². The molecule has 2 aromatic rings. The van der Waals surface area contributed by atoms with Crippen LogP contribution in [0, 0.1) is 5.82 Å². The summed E-state index contributed by atoms with van der Waals surface area (Å²) in [5.41, 5.74) is 5.62. The Hall–Kier alpha value is -1.88. The van der Waals surface area contributed by atoms with E-state index < -0.39 is 11.4 Å². The second-order valence-electron chi connectivity index (χ2n) is 5.10. The second-order valence-corrected chi connectivity index (χ2v) is 6.02. The molecule has 0 radical (unpaired) electrons. The number of primary amides is 1. The van der Waals surface area contributed by atoms with Crippen LogP contribution in [0.4, 0.5) is 10.1 Å². The molecular formula is C16H16BrFN2O. The fourth-order valence-corrected chi connectivity index (χ4v) is 2.50. The van der Waals surface area contributed by atoms with Gasteiger partial charge in [0.1, 0.15) is 11.4 Å². The zero-order chi connectivity index (χ0) is 15.5. The highest BCUT2D eigenvalue weighted by Gasteiger charge is 2.32. The summed E-state index contributed by atoms with van der Waals surface area (Å²) in [7, 11) is 0. The third kappa shape index (κ3) is 3.82. The predicted octanol–water partition coefficient (Wildman–Crippen LogP) is 3.49. The minimum Gasteiger partial charge on any atom is -0.371 e. The molecule has 3 nitrogen and oxygen atoms in total. The van der Waals surface area contributed by atoms with E-state index in [1.165, 1.54) is 6.07 Å². The van der Waals surface area contributed by atoms with E-state index in [-0.39, 0.29) is 12.2 Å². The third-order valence-electron chi connectivity index (χ3n) is 3.29. The van der Waals surface area contributed by atoms with Gasteiger partial charge >= 0.3 is 0 Å². The average molecular weight is 351 g/mol. The van der Waals surface area contributed by atoms with Crippen LogP contribution in [0.2, 0.25) is 0 Å². The molecule has 1 unspecified atom stereocenters. The van der Waals surface area contributed by atoms with Crippen molar-refractivity contribution in [2.75, 3.05) is 5.32 Å². The Balaban J connectivity index is 2.29. The van der Waals surface area contributed by atoms with Gasteiger partial charge in [0, 0.05) is 16.6 Å². The molecule has 110 valence electrons. The molecule has 2 rings (SSSR count). The monoisotopic (exact) mass is 350 g/mol. The van der Waals surface area contributed by atoms with Crippen LogP contribution < -0.4 is 11.1 Å². The van der Waals surface area contributed by atoms with Gasteiger partial charge in [0.25, 0.3) is 0 Å². The number of nitrogens with one attached hydrogen (secondary N) is 1. The van der Waals surface area contributed by atoms with Crippen LogP contribution in [-0.4, -0.2) is 11.4 Å². The molecule has 0 aromatic heterocycles. The number of carbonyl (C=O) groups excluding carboxylic acids is 1. The largest absolute Gasteiger partial charge is 0.371 e. The molecule has 0 saturated carbocycles. The van der Waals surface area contributed by atoms with E-state index in [0.717, 1.165) is 10.2 Å². The van der Waals surface area contributed by atoms with E-state index in [0.29, 0.717) is 5.56 Å². The molecule has 0 heterocycles. The Morgan fingerprint density at radius 1 is 1.29 bits per heavy atom. The number of carbonyl (C=O) groups is 1. The van der Waals surface area contributed by atoms with Crippen molar-refractivity contribution < 1.29 is 9.18 Å². The summed E-state index contributed by atoms with van der Waals surface area (Å²) in [6.45, 7) is 1.67. The maximum absolute atomic E-state index is 13.8. The molecular weight excluding hydrogens is 335 g/mol. The van der Waals surface area contributed by atoms with Crippen molar-refractivity contribution in [1.29, 1.82) is 0 Å². The van der Waals surface area contributed by atoms with Gasteiger partial charge in [-0.05, 0) is 36.8 Å². The van der Waals surface area contributed by atoms with Crippen LogP contribution in [0.25, 0.3) is 0 Å². The number of halogens is 2. The van der Waals surface area contributed by atoms with Crippen LogP contribution in [0.15, 0.2) is 53.0 Å². The minimum atomic E-state index is -1.08. The maximum atomic E-state index is 13.8. The molecule has 0 fully saturated rings. The lowest BCUT2D eigenvalue weighted by molar-refractivity contribution is -0.121. The van der Waals surface area contributed by atoms with E-state index >= 15 is 0 Å². The molecule has 0 bridgehead atoms. The maximum Gasteiger partial charge on any atom is 0.243 e. The quantitative estimate of drug-likeness (QED) is 0.867. The first-order valence-electron chi connectivity index (χ1n) is 6.48. The van der Waals surface area contributed by atoms with Gasteiger partial charge in [-0.3, -0.25) is 4.79 Å². The van der Waals surface area contributed by atoms with Gasteiger partial charge in [0.05, 0.1) is 0 Å². The first-order chi connectivity index (χ1) is 9.90. The number of amides is 1. The van der Waals surface area contributed by atoms with Gasteiger partial charge in [-0.2, -0.15) is 0 Å². The van der Waals surface area contributed by atoms with E-state index in [9.17, 15) is 9.18 Å². The van der Waals surface area contributed by atoms with Gasteiger partial charge in [0.2, 0.25) is 5.91 Å².